The number of benzene rings is 2. The van der Waals surface area contributed by atoms with Crippen molar-refractivity contribution < 1.29 is 27.4 Å². The fourth-order valence-corrected chi connectivity index (χ4v) is 4.13. The number of rotatable bonds is 9. The van der Waals surface area contributed by atoms with Crippen LogP contribution in [0.25, 0.3) is 0 Å². The van der Waals surface area contributed by atoms with E-state index in [4.69, 9.17) is 14.2 Å². The van der Waals surface area contributed by atoms with E-state index in [9.17, 15) is 13.2 Å². The molecule has 1 atom stereocenters. The molecule has 2 rings (SSSR count). The van der Waals surface area contributed by atoms with Gasteiger partial charge < -0.3 is 19.5 Å². The first-order chi connectivity index (χ1) is 13.7. The molecule has 0 aliphatic rings. The highest BCUT2D eigenvalue weighted by molar-refractivity contribution is 7.92. The Kier molecular flexibility index (Phi) is 7.33. The first kappa shape index (κ1) is 22.4. The molecule has 0 saturated carbocycles. The van der Waals surface area contributed by atoms with Crippen LogP contribution in [0.5, 0.6) is 17.2 Å². The zero-order chi connectivity index (χ0) is 21.6. The van der Waals surface area contributed by atoms with E-state index in [1.165, 1.54) is 21.3 Å². The summed E-state index contributed by atoms with van der Waals surface area (Å²) in [5.74, 6) is 0.941. The first-order valence-electron chi connectivity index (χ1n) is 8.84. The van der Waals surface area contributed by atoms with Crippen molar-refractivity contribution in [1.29, 1.82) is 0 Å². The van der Waals surface area contributed by atoms with E-state index >= 15 is 0 Å². The highest BCUT2D eigenvalue weighted by Gasteiger charge is 2.28. The molecule has 0 heterocycles. The molecule has 8 nitrogen and oxygen atoms in total. The summed E-state index contributed by atoms with van der Waals surface area (Å²) in [6, 6.07) is 11.0. The number of hydrogen-bond acceptors (Lipinski definition) is 6. The predicted octanol–water partition coefficient (Wildman–Crippen LogP) is 2.18. The average Bonchev–Trinajstić information content (AvgIpc) is 2.70. The van der Waals surface area contributed by atoms with Gasteiger partial charge in [0, 0.05) is 6.54 Å². The number of carbonyl (C=O) groups is 1. The number of sulfonamides is 1. The summed E-state index contributed by atoms with van der Waals surface area (Å²) in [6.45, 7) is 1.70. The number of methoxy groups -OCH3 is 3. The molecular formula is C20H26N2O6S. The van der Waals surface area contributed by atoms with E-state index in [1.54, 1.807) is 49.4 Å². The van der Waals surface area contributed by atoms with Crippen LogP contribution in [0.4, 0.5) is 5.69 Å². The molecule has 0 fully saturated rings. The van der Waals surface area contributed by atoms with E-state index in [2.05, 4.69) is 5.32 Å². The van der Waals surface area contributed by atoms with Crippen LogP contribution in [0.15, 0.2) is 42.5 Å². The van der Waals surface area contributed by atoms with Crippen molar-refractivity contribution in [1.82, 2.24) is 5.32 Å². The summed E-state index contributed by atoms with van der Waals surface area (Å²) in [6.07, 6.45) is 1.07. The van der Waals surface area contributed by atoms with Gasteiger partial charge in [-0.2, -0.15) is 0 Å². The third-order valence-electron chi connectivity index (χ3n) is 4.29. The Hall–Kier alpha value is -2.94. The number of ether oxygens (including phenoxy) is 3. The third kappa shape index (κ3) is 5.32. The Morgan fingerprint density at radius 2 is 1.59 bits per heavy atom. The molecule has 0 saturated heterocycles. The molecule has 29 heavy (non-hydrogen) atoms. The van der Waals surface area contributed by atoms with Crippen LogP contribution in [-0.4, -0.2) is 48.0 Å². The summed E-state index contributed by atoms with van der Waals surface area (Å²) in [5, 5.41) is 2.76. The first-order valence-corrected chi connectivity index (χ1v) is 10.7. The van der Waals surface area contributed by atoms with Crippen LogP contribution in [-0.2, 0) is 21.4 Å². The van der Waals surface area contributed by atoms with Gasteiger partial charge in [-0.05, 0) is 36.8 Å². The summed E-state index contributed by atoms with van der Waals surface area (Å²) in [5.41, 5.74) is 1.14. The molecule has 9 heteroatoms. The summed E-state index contributed by atoms with van der Waals surface area (Å²) < 4.78 is 41.6. The van der Waals surface area contributed by atoms with Crippen molar-refractivity contribution in [2.24, 2.45) is 0 Å². The Balaban J connectivity index is 2.21. The lowest BCUT2D eigenvalue weighted by Crippen LogP contribution is -2.47. The van der Waals surface area contributed by atoms with Gasteiger partial charge in [-0.15, -0.1) is 0 Å². The van der Waals surface area contributed by atoms with Crippen molar-refractivity contribution in [2.75, 3.05) is 31.9 Å². The molecule has 0 spiro atoms. The molecule has 1 amide bonds. The average molecular weight is 423 g/mol. The summed E-state index contributed by atoms with van der Waals surface area (Å²) in [7, 11) is 0.858. The fraction of sp³-hybridized carbons (Fsp3) is 0.350. The van der Waals surface area contributed by atoms with E-state index < -0.39 is 22.0 Å². The molecule has 0 bridgehead atoms. The molecule has 2 aromatic carbocycles. The van der Waals surface area contributed by atoms with Crippen LogP contribution in [0.1, 0.15) is 12.5 Å². The normalized spacial score (nSPS) is 12.0. The third-order valence-corrected chi connectivity index (χ3v) is 5.53. The van der Waals surface area contributed by atoms with E-state index in [-0.39, 0.29) is 6.54 Å². The SMILES string of the molecule is COc1cc(CNC(=O)C(C)N(c2ccccc2)S(C)(=O)=O)cc(OC)c1OC. The minimum atomic E-state index is -3.66. The van der Waals surface area contributed by atoms with Crippen molar-refractivity contribution in [3.63, 3.8) is 0 Å². The summed E-state index contributed by atoms with van der Waals surface area (Å²) in [4.78, 5) is 12.7. The van der Waals surface area contributed by atoms with Crippen molar-refractivity contribution in [2.45, 2.75) is 19.5 Å². The van der Waals surface area contributed by atoms with E-state index in [0.29, 0.717) is 28.5 Å². The summed E-state index contributed by atoms with van der Waals surface area (Å²) >= 11 is 0. The molecule has 2 aromatic rings. The van der Waals surface area contributed by atoms with Crippen molar-refractivity contribution in [3.8, 4) is 17.2 Å². The lowest BCUT2D eigenvalue weighted by Gasteiger charge is -2.28. The second-order valence-electron chi connectivity index (χ2n) is 6.32. The Morgan fingerprint density at radius 3 is 2.03 bits per heavy atom. The minimum absolute atomic E-state index is 0.159. The van der Waals surface area contributed by atoms with Gasteiger partial charge in [0.1, 0.15) is 6.04 Å². The van der Waals surface area contributed by atoms with Crippen molar-refractivity contribution >= 4 is 21.6 Å². The van der Waals surface area contributed by atoms with Gasteiger partial charge in [-0.3, -0.25) is 9.10 Å². The fourth-order valence-electron chi connectivity index (χ4n) is 2.96. The number of anilines is 1. The van der Waals surface area contributed by atoms with Crippen LogP contribution in [0.2, 0.25) is 0 Å². The zero-order valence-corrected chi connectivity index (χ0v) is 17.9. The highest BCUT2D eigenvalue weighted by Crippen LogP contribution is 2.38. The lowest BCUT2D eigenvalue weighted by molar-refractivity contribution is -0.122. The van der Waals surface area contributed by atoms with Gasteiger partial charge in [-0.1, -0.05) is 18.2 Å². The lowest BCUT2D eigenvalue weighted by atomic mass is 10.1. The van der Waals surface area contributed by atoms with Gasteiger partial charge in [-0.25, -0.2) is 8.42 Å². The second-order valence-corrected chi connectivity index (χ2v) is 8.18. The van der Waals surface area contributed by atoms with Crippen molar-refractivity contribution in [3.05, 3.63) is 48.0 Å². The molecule has 158 valence electrons. The largest absolute Gasteiger partial charge is 0.493 e. The maximum absolute atomic E-state index is 12.7. The second kappa shape index (κ2) is 9.51. The minimum Gasteiger partial charge on any atom is -0.493 e. The zero-order valence-electron chi connectivity index (χ0n) is 17.1. The van der Waals surface area contributed by atoms with Crippen LogP contribution >= 0.6 is 0 Å². The molecule has 1 N–H and O–H groups in total. The predicted molar refractivity (Wildman–Crippen MR) is 111 cm³/mol. The van der Waals surface area contributed by atoms with E-state index in [1.807, 2.05) is 0 Å². The Morgan fingerprint density at radius 1 is 1.03 bits per heavy atom. The van der Waals surface area contributed by atoms with Crippen LogP contribution in [0, 0.1) is 0 Å². The number of para-hydroxylation sites is 1. The molecule has 0 radical (unpaired) electrons. The topological polar surface area (TPSA) is 94.2 Å². The van der Waals surface area contributed by atoms with Crippen LogP contribution < -0.4 is 23.8 Å². The molecule has 0 aromatic heterocycles. The number of nitrogens with zero attached hydrogens (tertiary/aromatic N) is 1. The molecule has 1 unspecified atom stereocenters. The Bertz CT molecular complexity index is 922. The number of nitrogens with one attached hydrogen (secondary N) is 1. The van der Waals surface area contributed by atoms with Gasteiger partial charge in [0.2, 0.25) is 21.7 Å². The van der Waals surface area contributed by atoms with Gasteiger partial charge in [0.15, 0.2) is 11.5 Å². The number of amides is 1. The van der Waals surface area contributed by atoms with Gasteiger partial charge >= 0.3 is 0 Å². The number of hydrogen-bond donors (Lipinski definition) is 1. The van der Waals surface area contributed by atoms with Crippen LogP contribution in [0.3, 0.4) is 0 Å². The molecule has 0 aliphatic carbocycles. The monoisotopic (exact) mass is 422 g/mol. The van der Waals surface area contributed by atoms with Gasteiger partial charge in [0.05, 0.1) is 33.3 Å². The Labute approximate surface area is 171 Å². The standard InChI is InChI=1S/C20H26N2O6S/c1-14(22(29(5,24)25)16-9-7-6-8-10-16)20(23)21-13-15-11-17(26-2)19(28-4)18(12-15)27-3/h6-12,14H,13H2,1-5H3,(H,21,23). The maximum Gasteiger partial charge on any atom is 0.243 e. The quantitative estimate of drug-likeness (QED) is 0.666. The maximum atomic E-state index is 12.7. The van der Waals surface area contributed by atoms with Gasteiger partial charge in [0.25, 0.3) is 0 Å². The smallest absolute Gasteiger partial charge is 0.243 e. The highest BCUT2D eigenvalue weighted by atomic mass is 32.2. The molecule has 0 aliphatic heterocycles. The van der Waals surface area contributed by atoms with E-state index in [0.717, 1.165) is 10.6 Å². The molecular weight excluding hydrogens is 396 g/mol. The number of carbonyl (C=O) groups excluding carboxylic acids is 1.